The lowest BCUT2D eigenvalue weighted by Gasteiger charge is -2.36. The zero-order valence-corrected chi connectivity index (χ0v) is 25.0. The van der Waals surface area contributed by atoms with Gasteiger partial charge in [-0.1, -0.05) is 42.3 Å². The molecule has 0 radical (unpaired) electrons. The minimum absolute atomic E-state index is 0.198. The predicted octanol–water partition coefficient (Wildman–Crippen LogP) is 6.88. The van der Waals surface area contributed by atoms with E-state index in [1.54, 1.807) is 0 Å². The number of aryl methyl sites for hydroxylation is 1. The number of hydrogen-bond donors (Lipinski definition) is 0. The smallest absolute Gasteiger partial charge is 0.494 e. The Kier molecular flexibility index (Phi) is 8.25. The Morgan fingerprint density at radius 1 is 1.00 bits per heavy atom. The van der Waals surface area contributed by atoms with Crippen LogP contribution < -0.4 is 9.64 Å². The summed E-state index contributed by atoms with van der Waals surface area (Å²) in [5.41, 5.74) is 3.64. The molecule has 0 N–H and O–H groups in total. The quantitative estimate of drug-likeness (QED) is 0.158. The molecule has 0 atom stereocenters. The van der Waals surface area contributed by atoms with Crippen molar-refractivity contribution in [2.45, 2.75) is 45.4 Å². The lowest BCUT2D eigenvalue weighted by atomic mass is 10.0. The van der Waals surface area contributed by atoms with Crippen LogP contribution in [0.2, 0.25) is 10.0 Å². The van der Waals surface area contributed by atoms with Crippen LogP contribution in [0.25, 0.3) is 0 Å². The molecule has 10 heteroatoms. The Hall–Kier alpha value is -2.68. The van der Waals surface area contributed by atoms with E-state index in [0.29, 0.717) is 41.0 Å². The number of piperazine rings is 1. The van der Waals surface area contributed by atoms with E-state index >= 15 is 0 Å². The Labute approximate surface area is 251 Å². The van der Waals surface area contributed by atoms with Crippen molar-refractivity contribution in [3.63, 3.8) is 0 Å². The van der Waals surface area contributed by atoms with Crippen LogP contribution in [0.5, 0.6) is 5.75 Å². The first-order chi connectivity index (χ1) is 19.8. The van der Waals surface area contributed by atoms with Crippen molar-refractivity contribution < 1.29 is 23.7 Å². The van der Waals surface area contributed by atoms with Crippen molar-refractivity contribution in [2.75, 3.05) is 57.6 Å². The average molecular weight is 603 g/mol. The van der Waals surface area contributed by atoms with Crippen molar-refractivity contribution in [1.82, 2.24) is 4.90 Å². The highest BCUT2D eigenvalue weighted by Crippen LogP contribution is 2.85. The summed E-state index contributed by atoms with van der Waals surface area (Å²) in [6.07, 6.45) is 5.13. The highest BCUT2D eigenvalue weighted by atomic mass is 35.5. The van der Waals surface area contributed by atoms with Crippen LogP contribution in [0.3, 0.4) is 0 Å². The maximum Gasteiger partial charge on any atom is 0.511 e. The number of halogens is 2. The molecule has 2 aliphatic heterocycles. The summed E-state index contributed by atoms with van der Waals surface area (Å²) in [4.78, 5) is 21.3. The molecule has 8 nitrogen and oxygen atoms in total. The number of aliphatic imine (C=N–C) groups is 1. The molecule has 3 fully saturated rings. The molecule has 41 heavy (non-hydrogen) atoms. The number of hydrogen-bond acceptors (Lipinski definition) is 8. The minimum Gasteiger partial charge on any atom is -0.494 e. The third-order valence-corrected chi connectivity index (χ3v) is 9.86. The second-order valence-corrected chi connectivity index (χ2v) is 12.7. The molecule has 4 aliphatic rings. The summed E-state index contributed by atoms with van der Waals surface area (Å²) >= 11 is 12.6. The molecule has 0 amide bonds. The number of carbonyl (C=O) groups is 1. The lowest BCUT2D eigenvalue weighted by Crippen LogP contribution is -2.46. The molecule has 2 saturated carbocycles. The molecule has 0 spiro atoms. The Bertz CT molecular complexity index is 1300. The van der Waals surface area contributed by atoms with Gasteiger partial charge < -0.3 is 23.8 Å². The second-order valence-electron chi connectivity index (χ2n) is 11.9. The number of carbonyl (C=O) groups excluding carboxylic acids is 1. The van der Waals surface area contributed by atoms with Crippen LogP contribution in [0, 0.1) is 10.8 Å². The number of ether oxygens (including phenoxy) is 4. The topological polar surface area (TPSA) is 72.8 Å². The minimum atomic E-state index is -0.683. The van der Waals surface area contributed by atoms with Crippen molar-refractivity contribution in [3.05, 3.63) is 52.0 Å². The SMILES string of the molecule is CC12CC1(COC(=O)OCOC1=Nc3cc(OCCCCN4CCN(c5cccc(Cl)c5Cl)CC4)ccc3CC1)C2. The molecule has 2 aromatic carbocycles. The van der Waals surface area contributed by atoms with Crippen molar-refractivity contribution in [1.29, 1.82) is 0 Å². The van der Waals surface area contributed by atoms with Gasteiger partial charge in [-0.05, 0) is 67.8 Å². The van der Waals surface area contributed by atoms with Crippen LogP contribution in [0.1, 0.15) is 44.6 Å². The van der Waals surface area contributed by atoms with Gasteiger partial charge in [-0.2, -0.15) is 0 Å². The molecule has 2 aromatic rings. The Morgan fingerprint density at radius 3 is 2.59 bits per heavy atom. The van der Waals surface area contributed by atoms with Gasteiger partial charge in [-0.25, -0.2) is 9.79 Å². The number of anilines is 1. The number of fused-ring (bicyclic) bond motifs is 2. The van der Waals surface area contributed by atoms with Gasteiger partial charge in [-0.3, -0.25) is 4.90 Å². The molecular weight excluding hydrogens is 565 g/mol. The third-order valence-electron chi connectivity index (χ3n) is 9.05. The largest absolute Gasteiger partial charge is 0.511 e. The maximum absolute atomic E-state index is 11.9. The lowest BCUT2D eigenvalue weighted by molar-refractivity contribution is -0.00549. The molecule has 220 valence electrons. The zero-order chi connectivity index (χ0) is 28.5. The second kappa shape index (κ2) is 11.9. The van der Waals surface area contributed by atoms with Crippen molar-refractivity contribution in [2.24, 2.45) is 15.8 Å². The highest BCUT2D eigenvalue weighted by Gasteiger charge is 2.80. The Balaban J connectivity index is 0.872. The summed E-state index contributed by atoms with van der Waals surface area (Å²) in [6, 6.07) is 11.8. The van der Waals surface area contributed by atoms with Gasteiger partial charge in [-0.15, -0.1) is 0 Å². The van der Waals surface area contributed by atoms with Gasteiger partial charge in [0, 0.05) is 44.1 Å². The third kappa shape index (κ3) is 6.55. The number of rotatable bonds is 11. The van der Waals surface area contributed by atoms with Gasteiger partial charge in [0.1, 0.15) is 12.4 Å². The van der Waals surface area contributed by atoms with E-state index in [1.807, 2.05) is 30.3 Å². The standard InChI is InChI=1S/C31H37Cl2N3O5/c1-30-18-31(30,19-30)20-39-29(37)41-21-40-27-10-8-22-7-9-23(17-25(22)34-27)38-16-3-2-11-35-12-14-36(15-13-35)26-6-4-5-24(32)28(26)33/h4-7,9,17H,2-3,8,10-16,18-21H2,1H3. The van der Waals surface area contributed by atoms with Gasteiger partial charge in [0.05, 0.1) is 28.0 Å². The molecule has 0 unspecified atom stereocenters. The molecule has 2 aliphatic carbocycles. The fraction of sp³-hybridized carbons (Fsp3) is 0.548. The monoisotopic (exact) mass is 601 g/mol. The van der Waals surface area contributed by atoms with E-state index < -0.39 is 6.16 Å². The summed E-state index contributed by atoms with van der Waals surface area (Å²) < 4.78 is 22.0. The van der Waals surface area contributed by atoms with E-state index in [1.165, 1.54) is 0 Å². The van der Waals surface area contributed by atoms with Gasteiger partial charge >= 0.3 is 6.16 Å². The number of benzene rings is 2. The van der Waals surface area contributed by atoms with E-state index in [4.69, 9.17) is 42.1 Å². The molecule has 1 saturated heterocycles. The van der Waals surface area contributed by atoms with Crippen LogP contribution in [0.15, 0.2) is 41.4 Å². The highest BCUT2D eigenvalue weighted by molar-refractivity contribution is 6.43. The molecular formula is C31H37Cl2N3O5. The molecule has 6 rings (SSSR count). The van der Waals surface area contributed by atoms with Crippen molar-refractivity contribution in [3.8, 4) is 5.75 Å². The van der Waals surface area contributed by atoms with Crippen LogP contribution in [-0.2, 0) is 20.6 Å². The predicted molar refractivity (Wildman–Crippen MR) is 160 cm³/mol. The van der Waals surface area contributed by atoms with Gasteiger partial charge in [0.25, 0.3) is 0 Å². The van der Waals surface area contributed by atoms with Crippen molar-refractivity contribution >= 4 is 46.6 Å². The number of nitrogens with zero attached hydrogens (tertiary/aromatic N) is 3. The first-order valence-corrected chi connectivity index (χ1v) is 15.3. The summed E-state index contributed by atoms with van der Waals surface area (Å²) in [6.45, 7) is 8.06. The summed E-state index contributed by atoms with van der Waals surface area (Å²) in [7, 11) is 0. The molecule has 0 aromatic heterocycles. The number of unbranched alkanes of at least 4 members (excludes halogenated alkanes) is 1. The first kappa shape index (κ1) is 28.4. The maximum atomic E-state index is 11.9. The Morgan fingerprint density at radius 2 is 1.80 bits per heavy atom. The summed E-state index contributed by atoms with van der Waals surface area (Å²) in [5.74, 6) is 1.35. The van der Waals surface area contributed by atoms with Crippen LogP contribution >= 0.6 is 23.2 Å². The first-order valence-electron chi connectivity index (χ1n) is 14.5. The molecule has 2 heterocycles. The van der Waals surface area contributed by atoms with Gasteiger partial charge in [0.2, 0.25) is 6.79 Å². The van der Waals surface area contributed by atoms with Crippen LogP contribution in [0.4, 0.5) is 16.2 Å². The fourth-order valence-corrected chi connectivity index (χ4v) is 6.49. The van der Waals surface area contributed by atoms with Gasteiger partial charge in [0.15, 0.2) is 5.90 Å². The zero-order valence-electron chi connectivity index (χ0n) is 23.5. The van der Waals surface area contributed by atoms with E-state index in [2.05, 4.69) is 27.8 Å². The molecule has 0 bridgehead atoms. The fourth-order valence-electron chi connectivity index (χ4n) is 6.08. The van der Waals surface area contributed by atoms with E-state index in [0.717, 1.165) is 87.5 Å². The van der Waals surface area contributed by atoms with E-state index in [9.17, 15) is 4.79 Å². The normalized spacial score (nSPS) is 24.6. The van der Waals surface area contributed by atoms with Crippen LogP contribution in [-0.4, -0.2) is 69.7 Å². The average Bonchev–Trinajstić information content (AvgIpc) is 3.77. The summed E-state index contributed by atoms with van der Waals surface area (Å²) in [5, 5.41) is 1.24. The van der Waals surface area contributed by atoms with E-state index in [-0.39, 0.29) is 12.2 Å².